The highest BCUT2D eigenvalue weighted by atomic mass is 15.3. The molecule has 0 aliphatic heterocycles. The minimum absolute atomic E-state index is 0.171. The van der Waals surface area contributed by atoms with Crippen molar-refractivity contribution in [2.45, 2.75) is 40.3 Å². The Morgan fingerprint density at radius 3 is 2.81 bits per heavy atom. The molecule has 0 fully saturated rings. The van der Waals surface area contributed by atoms with Crippen LogP contribution in [0.15, 0.2) is 24.4 Å². The van der Waals surface area contributed by atoms with E-state index in [-0.39, 0.29) is 6.04 Å². The fraction of sp³-hybridized carbons (Fsp3) is 0.375. The number of hydrogen-bond donors (Lipinski definition) is 2. The molecule has 5 heteroatoms. The molecule has 3 aromatic heterocycles. The van der Waals surface area contributed by atoms with Crippen LogP contribution in [0.5, 0.6) is 0 Å². The lowest BCUT2D eigenvalue weighted by Gasteiger charge is -2.15. The summed E-state index contributed by atoms with van der Waals surface area (Å²) in [6.45, 7) is 9.35. The van der Waals surface area contributed by atoms with Crippen LogP contribution in [0.2, 0.25) is 0 Å². The molecular formula is C16H21N5. The molecule has 0 aliphatic rings. The van der Waals surface area contributed by atoms with Crippen molar-refractivity contribution in [2.24, 2.45) is 0 Å². The Hall–Kier alpha value is -2.30. The second-order valence-corrected chi connectivity index (χ2v) is 5.38. The highest BCUT2D eigenvalue weighted by Gasteiger charge is 2.17. The Morgan fingerprint density at radius 1 is 1.29 bits per heavy atom. The Balaban J connectivity index is 1.88. The summed E-state index contributed by atoms with van der Waals surface area (Å²) in [4.78, 5) is 7.73. The average molecular weight is 283 g/mol. The van der Waals surface area contributed by atoms with Crippen molar-refractivity contribution in [1.29, 1.82) is 0 Å². The first kappa shape index (κ1) is 13.7. The van der Waals surface area contributed by atoms with E-state index in [9.17, 15) is 0 Å². The molecule has 1 atom stereocenters. The topological polar surface area (TPSA) is 58.5 Å². The predicted molar refractivity (Wildman–Crippen MR) is 85.5 cm³/mol. The van der Waals surface area contributed by atoms with Gasteiger partial charge in [0.15, 0.2) is 0 Å². The molecule has 3 aromatic rings. The predicted octanol–water partition coefficient (Wildman–Crippen LogP) is 3.57. The summed E-state index contributed by atoms with van der Waals surface area (Å²) in [6, 6.07) is 6.28. The van der Waals surface area contributed by atoms with Gasteiger partial charge in [-0.05, 0) is 45.9 Å². The van der Waals surface area contributed by atoms with Crippen LogP contribution in [-0.2, 0) is 6.54 Å². The first-order valence-corrected chi connectivity index (χ1v) is 7.34. The fourth-order valence-corrected chi connectivity index (χ4v) is 2.95. The maximum absolute atomic E-state index is 4.59. The smallest absolute Gasteiger partial charge is 0.139 e. The zero-order chi connectivity index (χ0) is 15.0. The number of anilines is 1. The molecule has 21 heavy (non-hydrogen) atoms. The van der Waals surface area contributed by atoms with Gasteiger partial charge in [-0.25, -0.2) is 4.98 Å². The van der Waals surface area contributed by atoms with Crippen LogP contribution in [0.1, 0.15) is 36.8 Å². The second kappa shape index (κ2) is 5.24. The molecule has 3 heterocycles. The third-order valence-corrected chi connectivity index (χ3v) is 3.94. The van der Waals surface area contributed by atoms with Crippen molar-refractivity contribution < 1.29 is 0 Å². The number of nitrogens with one attached hydrogen (secondary N) is 2. The number of aromatic nitrogens is 4. The van der Waals surface area contributed by atoms with E-state index in [0.717, 1.165) is 29.1 Å². The third kappa shape index (κ3) is 2.39. The van der Waals surface area contributed by atoms with Gasteiger partial charge >= 0.3 is 0 Å². The summed E-state index contributed by atoms with van der Waals surface area (Å²) in [5.74, 6) is 0.875. The van der Waals surface area contributed by atoms with Crippen LogP contribution in [0.25, 0.3) is 11.0 Å². The number of rotatable bonds is 4. The minimum atomic E-state index is 0.171. The van der Waals surface area contributed by atoms with Gasteiger partial charge in [0.1, 0.15) is 11.5 Å². The van der Waals surface area contributed by atoms with E-state index >= 15 is 0 Å². The van der Waals surface area contributed by atoms with Gasteiger partial charge in [-0.3, -0.25) is 4.68 Å². The SMILES string of the molecule is CCn1nc(C)c([C@H](C)Nc2ccc3cc[nH]c3n2)c1C. The molecule has 110 valence electrons. The number of H-pyrrole nitrogens is 1. The molecule has 0 aromatic carbocycles. The molecule has 3 rings (SSSR count). The first-order chi connectivity index (χ1) is 10.1. The van der Waals surface area contributed by atoms with Gasteiger partial charge in [-0.2, -0.15) is 5.10 Å². The summed E-state index contributed by atoms with van der Waals surface area (Å²) in [7, 11) is 0. The van der Waals surface area contributed by atoms with E-state index in [4.69, 9.17) is 0 Å². The van der Waals surface area contributed by atoms with Crippen LogP contribution in [0.3, 0.4) is 0 Å². The van der Waals surface area contributed by atoms with Gasteiger partial charge in [-0.1, -0.05) is 0 Å². The normalized spacial score (nSPS) is 12.8. The second-order valence-electron chi connectivity index (χ2n) is 5.38. The molecule has 0 aliphatic carbocycles. The molecule has 0 unspecified atom stereocenters. The summed E-state index contributed by atoms with van der Waals surface area (Å²) in [5, 5.41) is 9.18. The van der Waals surface area contributed by atoms with E-state index < -0.39 is 0 Å². The van der Waals surface area contributed by atoms with Crippen molar-refractivity contribution in [1.82, 2.24) is 19.7 Å². The molecular weight excluding hydrogens is 262 g/mol. The van der Waals surface area contributed by atoms with Crippen LogP contribution in [0, 0.1) is 13.8 Å². The standard InChI is InChI=1S/C16H21N5/c1-5-21-12(4)15(11(3)20-21)10(2)18-14-7-6-13-8-9-17-16(13)19-14/h6-10H,5H2,1-4H3,(H2,17,18,19)/t10-/m0/s1. The maximum Gasteiger partial charge on any atom is 0.139 e. The highest BCUT2D eigenvalue weighted by Crippen LogP contribution is 2.25. The van der Waals surface area contributed by atoms with Crippen LogP contribution >= 0.6 is 0 Å². The Bertz CT molecular complexity index is 768. The number of pyridine rings is 1. The lowest BCUT2D eigenvalue weighted by Crippen LogP contribution is -2.10. The minimum Gasteiger partial charge on any atom is -0.363 e. The number of hydrogen-bond acceptors (Lipinski definition) is 3. The summed E-state index contributed by atoms with van der Waals surface area (Å²) in [5.41, 5.74) is 4.46. The van der Waals surface area contributed by atoms with Gasteiger partial charge in [0.25, 0.3) is 0 Å². The third-order valence-electron chi connectivity index (χ3n) is 3.94. The van der Waals surface area contributed by atoms with E-state index in [1.54, 1.807) is 0 Å². The largest absolute Gasteiger partial charge is 0.363 e. The Labute approximate surface area is 124 Å². The lowest BCUT2D eigenvalue weighted by molar-refractivity contribution is 0.632. The number of aryl methyl sites for hydroxylation is 2. The van der Waals surface area contributed by atoms with Gasteiger partial charge in [-0.15, -0.1) is 0 Å². The quantitative estimate of drug-likeness (QED) is 0.769. The molecule has 0 saturated carbocycles. The van der Waals surface area contributed by atoms with E-state index in [1.165, 1.54) is 11.3 Å². The van der Waals surface area contributed by atoms with Crippen molar-refractivity contribution in [2.75, 3.05) is 5.32 Å². The monoisotopic (exact) mass is 283 g/mol. The van der Waals surface area contributed by atoms with Crippen LogP contribution in [0.4, 0.5) is 5.82 Å². The fourth-order valence-electron chi connectivity index (χ4n) is 2.95. The highest BCUT2D eigenvalue weighted by molar-refractivity contribution is 5.77. The van der Waals surface area contributed by atoms with Crippen LogP contribution < -0.4 is 5.32 Å². The maximum atomic E-state index is 4.59. The van der Waals surface area contributed by atoms with E-state index in [0.29, 0.717) is 0 Å². The van der Waals surface area contributed by atoms with Gasteiger partial charge in [0.05, 0.1) is 11.7 Å². The Kier molecular flexibility index (Phi) is 3.41. The van der Waals surface area contributed by atoms with Gasteiger partial charge < -0.3 is 10.3 Å². The number of nitrogens with zero attached hydrogens (tertiary/aromatic N) is 3. The van der Waals surface area contributed by atoms with Crippen molar-refractivity contribution >= 4 is 16.9 Å². The summed E-state index contributed by atoms with van der Waals surface area (Å²) >= 11 is 0. The first-order valence-electron chi connectivity index (χ1n) is 7.34. The number of fused-ring (bicyclic) bond motifs is 1. The van der Waals surface area contributed by atoms with E-state index in [1.807, 2.05) is 23.0 Å². The van der Waals surface area contributed by atoms with E-state index in [2.05, 4.69) is 54.1 Å². The molecule has 5 nitrogen and oxygen atoms in total. The van der Waals surface area contributed by atoms with Gasteiger partial charge in [0.2, 0.25) is 0 Å². The molecule has 0 amide bonds. The molecule has 0 saturated heterocycles. The molecule has 0 bridgehead atoms. The molecule has 0 radical (unpaired) electrons. The van der Waals surface area contributed by atoms with Crippen molar-refractivity contribution in [3.8, 4) is 0 Å². The summed E-state index contributed by atoms with van der Waals surface area (Å²) in [6.07, 6.45) is 1.91. The lowest BCUT2D eigenvalue weighted by atomic mass is 10.1. The molecule has 0 spiro atoms. The van der Waals surface area contributed by atoms with Crippen molar-refractivity contribution in [3.63, 3.8) is 0 Å². The summed E-state index contributed by atoms with van der Waals surface area (Å²) < 4.78 is 2.05. The van der Waals surface area contributed by atoms with Crippen LogP contribution in [-0.4, -0.2) is 19.7 Å². The zero-order valence-corrected chi connectivity index (χ0v) is 12.9. The average Bonchev–Trinajstić information content (AvgIpc) is 3.02. The van der Waals surface area contributed by atoms with Gasteiger partial charge in [0, 0.05) is 29.4 Å². The Morgan fingerprint density at radius 2 is 2.10 bits per heavy atom. The molecule has 2 N–H and O–H groups in total. The zero-order valence-electron chi connectivity index (χ0n) is 12.9. The number of aromatic amines is 1. The van der Waals surface area contributed by atoms with Crippen molar-refractivity contribution in [3.05, 3.63) is 41.3 Å².